The van der Waals surface area contributed by atoms with Gasteiger partial charge in [-0.3, -0.25) is 0 Å². The van der Waals surface area contributed by atoms with Crippen LogP contribution in [0.2, 0.25) is 0 Å². The molecular formula is C20H20F5N3O. The lowest BCUT2D eigenvalue weighted by atomic mass is 10.1. The van der Waals surface area contributed by atoms with Gasteiger partial charge in [0.2, 0.25) is 0 Å². The van der Waals surface area contributed by atoms with Gasteiger partial charge in [0.15, 0.2) is 11.6 Å². The van der Waals surface area contributed by atoms with Gasteiger partial charge in [-0.05, 0) is 42.2 Å². The maximum atomic E-state index is 13.4. The number of alkyl halides is 3. The Hall–Kier alpha value is -2.84. The predicted octanol–water partition coefficient (Wildman–Crippen LogP) is 4.31. The number of benzene rings is 2. The number of anilines is 1. The van der Waals surface area contributed by atoms with Crippen LogP contribution in [0.15, 0.2) is 42.5 Å². The summed E-state index contributed by atoms with van der Waals surface area (Å²) in [5.74, 6) is -1.64. The molecule has 0 radical (unpaired) electrons. The van der Waals surface area contributed by atoms with Crippen molar-refractivity contribution in [2.45, 2.75) is 19.1 Å². The zero-order chi connectivity index (χ0) is 21.0. The van der Waals surface area contributed by atoms with Crippen molar-refractivity contribution in [2.75, 3.05) is 24.5 Å². The monoisotopic (exact) mass is 413 g/mol. The zero-order valence-electron chi connectivity index (χ0n) is 15.4. The lowest BCUT2D eigenvalue weighted by molar-refractivity contribution is -0.137. The van der Waals surface area contributed by atoms with E-state index in [1.165, 1.54) is 18.2 Å². The van der Waals surface area contributed by atoms with E-state index in [2.05, 4.69) is 10.6 Å². The molecule has 2 aromatic rings. The second-order valence-electron chi connectivity index (χ2n) is 6.96. The van der Waals surface area contributed by atoms with Gasteiger partial charge in [-0.25, -0.2) is 13.6 Å². The fourth-order valence-corrected chi connectivity index (χ4v) is 3.21. The number of nitrogens with zero attached hydrogens (tertiary/aromatic N) is 1. The third-order valence-electron chi connectivity index (χ3n) is 4.84. The standard InChI is InChI=1S/C20H20F5N3O/c21-17-6-5-16(9-18(17)22)28-8-7-14(12-28)11-27-19(29)26-10-13-1-3-15(4-2-13)20(23,24)25/h1-6,9,14H,7-8,10-12H2,(H2,26,27,29). The summed E-state index contributed by atoms with van der Waals surface area (Å²) in [6.45, 7) is 1.78. The number of carbonyl (C=O) groups is 1. The van der Waals surface area contributed by atoms with Gasteiger partial charge in [-0.2, -0.15) is 13.2 Å². The SMILES string of the molecule is O=C(NCc1ccc(C(F)(F)F)cc1)NCC1CCN(c2ccc(F)c(F)c2)C1. The predicted molar refractivity (Wildman–Crippen MR) is 98.4 cm³/mol. The molecule has 1 aliphatic rings. The van der Waals surface area contributed by atoms with Crippen molar-refractivity contribution in [3.63, 3.8) is 0 Å². The van der Waals surface area contributed by atoms with Gasteiger partial charge >= 0.3 is 12.2 Å². The molecule has 1 heterocycles. The minimum Gasteiger partial charge on any atom is -0.371 e. The van der Waals surface area contributed by atoms with Gasteiger partial charge in [0.05, 0.1) is 5.56 Å². The van der Waals surface area contributed by atoms with Crippen LogP contribution < -0.4 is 15.5 Å². The molecule has 0 bridgehead atoms. The first-order valence-corrected chi connectivity index (χ1v) is 9.10. The first-order valence-electron chi connectivity index (χ1n) is 9.10. The maximum absolute atomic E-state index is 13.4. The molecule has 2 amide bonds. The molecule has 1 fully saturated rings. The van der Waals surface area contributed by atoms with E-state index >= 15 is 0 Å². The van der Waals surface area contributed by atoms with Crippen LogP contribution >= 0.6 is 0 Å². The molecule has 4 nitrogen and oxygen atoms in total. The van der Waals surface area contributed by atoms with Crippen LogP contribution in [-0.2, 0) is 12.7 Å². The zero-order valence-corrected chi connectivity index (χ0v) is 15.4. The average molecular weight is 413 g/mol. The van der Waals surface area contributed by atoms with Crippen molar-refractivity contribution in [3.8, 4) is 0 Å². The van der Waals surface area contributed by atoms with Crippen molar-refractivity contribution in [1.82, 2.24) is 10.6 Å². The third kappa shape index (κ3) is 5.58. The van der Waals surface area contributed by atoms with Crippen LogP contribution in [0.4, 0.5) is 32.4 Å². The first-order chi connectivity index (χ1) is 13.7. The fourth-order valence-electron chi connectivity index (χ4n) is 3.21. The Kier molecular flexibility index (Phi) is 6.24. The minimum atomic E-state index is -4.39. The quantitative estimate of drug-likeness (QED) is 0.718. The lowest BCUT2D eigenvalue weighted by Crippen LogP contribution is -2.38. The molecule has 29 heavy (non-hydrogen) atoms. The molecule has 0 spiro atoms. The Balaban J connectivity index is 1.41. The number of carbonyl (C=O) groups excluding carboxylic acids is 1. The molecule has 1 atom stereocenters. The van der Waals surface area contributed by atoms with E-state index < -0.39 is 29.4 Å². The molecule has 2 N–H and O–H groups in total. The molecule has 1 unspecified atom stereocenters. The highest BCUT2D eigenvalue weighted by atomic mass is 19.4. The van der Waals surface area contributed by atoms with Gasteiger partial charge in [0, 0.05) is 37.9 Å². The molecule has 3 rings (SSSR count). The van der Waals surface area contributed by atoms with Crippen LogP contribution in [0.25, 0.3) is 0 Å². The maximum Gasteiger partial charge on any atom is 0.416 e. The van der Waals surface area contributed by atoms with Gasteiger partial charge in [-0.15, -0.1) is 0 Å². The Bertz CT molecular complexity index is 854. The summed E-state index contributed by atoms with van der Waals surface area (Å²) in [5.41, 5.74) is 0.411. The van der Waals surface area contributed by atoms with E-state index in [9.17, 15) is 26.7 Å². The fraction of sp³-hybridized carbons (Fsp3) is 0.350. The number of urea groups is 1. The molecule has 156 valence electrons. The van der Waals surface area contributed by atoms with Crippen molar-refractivity contribution in [3.05, 3.63) is 65.2 Å². The smallest absolute Gasteiger partial charge is 0.371 e. The minimum absolute atomic E-state index is 0.107. The van der Waals surface area contributed by atoms with Gasteiger partial charge < -0.3 is 15.5 Å². The molecule has 1 saturated heterocycles. The second kappa shape index (κ2) is 8.67. The van der Waals surface area contributed by atoms with Gasteiger partial charge in [-0.1, -0.05) is 12.1 Å². The molecule has 1 aliphatic heterocycles. The van der Waals surface area contributed by atoms with Crippen LogP contribution in [0.5, 0.6) is 0 Å². The number of nitrogens with one attached hydrogen (secondary N) is 2. The second-order valence-corrected chi connectivity index (χ2v) is 6.96. The molecule has 0 saturated carbocycles. The summed E-state index contributed by atoms with van der Waals surface area (Å²) in [5, 5.41) is 5.33. The molecule has 0 aliphatic carbocycles. The highest BCUT2D eigenvalue weighted by Gasteiger charge is 2.30. The summed E-state index contributed by atoms with van der Waals surface area (Å²) in [6.07, 6.45) is -3.60. The summed E-state index contributed by atoms with van der Waals surface area (Å²) in [4.78, 5) is 13.9. The van der Waals surface area contributed by atoms with E-state index in [1.54, 1.807) is 0 Å². The van der Waals surface area contributed by atoms with Crippen molar-refractivity contribution < 1.29 is 26.7 Å². The Labute approximate surface area is 164 Å². The normalized spacial score (nSPS) is 16.7. The average Bonchev–Trinajstić information content (AvgIpc) is 3.15. The van der Waals surface area contributed by atoms with E-state index in [0.29, 0.717) is 30.9 Å². The van der Waals surface area contributed by atoms with Crippen molar-refractivity contribution in [1.29, 1.82) is 0 Å². The van der Waals surface area contributed by atoms with Crippen LogP contribution in [0.1, 0.15) is 17.5 Å². The summed E-state index contributed by atoms with van der Waals surface area (Å²) in [6, 6.07) is 7.93. The largest absolute Gasteiger partial charge is 0.416 e. The van der Waals surface area contributed by atoms with Gasteiger partial charge in [0.25, 0.3) is 0 Å². The number of halogens is 5. The van der Waals surface area contributed by atoms with Crippen LogP contribution in [-0.4, -0.2) is 25.7 Å². The Morgan fingerprint density at radius 1 is 1.03 bits per heavy atom. The van der Waals surface area contributed by atoms with Gasteiger partial charge in [0.1, 0.15) is 0 Å². The molecular weight excluding hydrogens is 393 g/mol. The van der Waals surface area contributed by atoms with Crippen LogP contribution in [0.3, 0.4) is 0 Å². The van der Waals surface area contributed by atoms with Crippen LogP contribution in [0, 0.1) is 17.6 Å². The first kappa shape index (κ1) is 20.9. The number of rotatable bonds is 5. The molecule has 2 aromatic carbocycles. The topological polar surface area (TPSA) is 44.4 Å². The Morgan fingerprint density at radius 3 is 2.41 bits per heavy atom. The Morgan fingerprint density at radius 2 is 1.76 bits per heavy atom. The number of hydrogen-bond donors (Lipinski definition) is 2. The van der Waals surface area contributed by atoms with Crippen molar-refractivity contribution in [2.24, 2.45) is 5.92 Å². The van der Waals surface area contributed by atoms with Crippen molar-refractivity contribution >= 4 is 11.7 Å². The third-order valence-corrected chi connectivity index (χ3v) is 4.84. The van der Waals surface area contributed by atoms with E-state index in [-0.39, 0.29) is 12.5 Å². The lowest BCUT2D eigenvalue weighted by Gasteiger charge is -2.19. The van der Waals surface area contributed by atoms with E-state index in [4.69, 9.17) is 0 Å². The molecule has 9 heteroatoms. The van der Waals surface area contributed by atoms with E-state index in [1.807, 2.05) is 4.90 Å². The summed E-state index contributed by atoms with van der Waals surface area (Å²) >= 11 is 0. The number of amides is 2. The highest BCUT2D eigenvalue weighted by molar-refractivity contribution is 5.73. The summed E-state index contributed by atoms with van der Waals surface area (Å²) in [7, 11) is 0. The van der Waals surface area contributed by atoms with E-state index in [0.717, 1.165) is 30.7 Å². The highest BCUT2D eigenvalue weighted by Crippen LogP contribution is 2.29. The molecule has 0 aromatic heterocycles. The summed E-state index contributed by atoms with van der Waals surface area (Å²) < 4.78 is 64.0. The number of hydrogen-bond acceptors (Lipinski definition) is 2.